The number of likely N-dealkylation sites (tertiary alicyclic amines) is 1. The summed E-state index contributed by atoms with van der Waals surface area (Å²) in [6.07, 6.45) is 4.53. The van der Waals surface area contributed by atoms with Crippen LogP contribution in [0.3, 0.4) is 0 Å². The summed E-state index contributed by atoms with van der Waals surface area (Å²) in [6.45, 7) is 14.1. The fraction of sp³-hybridized carbons (Fsp3) is 1.00. The van der Waals surface area contributed by atoms with E-state index in [1.807, 2.05) is 0 Å². The van der Waals surface area contributed by atoms with Gasteiger partial charge in [0.1, 0.15) is 0 Å². The molecule has 0 amide bonds. The maximum absolute atomic E-state index is 6.56. The van der Waals surface area contributed by atoms with Crippen molar-refractivity contribution in [2.75, 3.05) is 20.2 Å². The van der Waals surface area contributed by atoms with Crippen LogP contribution in [0.15, 0.2) is 0 Å². The molecule has 3 heteroatoms. The van der Waals surface area contributed by atoms with Gasteiger partial charge >= 0.3 is 0 Å². The molecule has 2 aliphatic carbocycles. The van der Waals surface area contributed by atoms with E-state index in [0.29, 0.717) is 11.1 Å². The molecule has 0 aromatic heterocycles. The van der Waals surface area contributed by atoms with Gasteiger partial charge in [-0.25, -0.2) is 0 Å². The van der Waals surface area contributed by atoms with Crippen LogP contribution < -0.4 is 0 Å². The average Bonchev–Trinajstić information content (AvgIpc) is 2.96. The minimum atomic E-state index is -1.59. The number of fused-ring (bicyclic) bond motifs is 5. The zero-order valence-corrected chi connectivity index (χ0v) is 15.3. The van der Waals surface area contributed by atoms with Crippen molar-refractivity contribution in [3.8, 4) is 0 Å². The van der Waals surface area contributed by atoms with Gasteiger partial charge in [0, 0.05) is 19.2 Å². The van der Waals surface area contributed by atoms with E-state index in [1.54, 1.807) is 0 Å². The molecule has 0 aromatic carbocycles. The van der Waals surface area contributed by atoms with E-state index in [2.05, 4.69) is 45.8 Å². The van der Waals surface area contributed by atoms with E-state index in [0.717, 1.165) is 30.3 Å². The first-order valence-electron chi connectivity index (χ1n) is 8.55. The molecule has 4 unspecified atom stereocenters. The molecule has 1 saturated heterocycles. The lowest BCUT2D eigenvalue weighted by Crippen LogP contribution is -2.46. The minimum absolute atomic E-state index is 0.332. The lowest BCUT2D eigenvalue weighted by molar-refractivity contribution is 0.135. The second-order valence-electron chi connectivity index (χ2n) is 9.15. The number of rotatable bonds is 3. The van der Waals surface area contributed by atoms with Gasteiger partial charge in [-0.1, -0.05) is 20.8 Å². The first-order chi connectivity index (χ1) is 9.21. The summed E-state index contributed by atoms with van der Waals surface area (Å²) in [7, 11) is 0.737. The largest absolute Gasteiger partial charge is 0.415 e. The van der Waals surface area contributed by atoms with E-state index >= 15 is 0 Å². The van der Waals surface area contributed by atoms with Crippen LogP contribution in [0.4, 0.5) is 0 Å². The molecule has 20 heavy (non-hydrogen) atoms. The Hall–Kier alpha value is 0.137. The second-order valence-corrected chi connectivity index (χ2v) is 14.0. The maximum Gasteiger partial charge on any atom is 0.192 e. The van der Waals surface area contributed by atoms with Gasteiger partial charge < -0.3 is 9.33 Å². The third-order valence-corrected chi connectivity index (χ3v) is 11.6. The lowest BCUT2D eigenvalue weighted by Gasteiger charge is -2.39. The van der Waals surface area contributed by atoms with Crippen LogP contribution >= 0.6 is 0 Å². The molecule has 1 aliphatic heterocycles. The Balaban J connectivity index is 1.66. The molecule has 5 atom stereocenters. The van der Waals surface area contributed by atoms with Gasteiger partial charge in [-0.15, -0.1) is 0 Å². The Bertz CT molecular complexity index is 376. The fourth-order valence-corrected chi connectivity index (χ4v) is 5.86. The minimum Gasteiger partial charge on any atom is -0.415 e. The quantitative estimate of drug-likeness (QED) is 0.730. The molecule has 2 bridgehead atoms. The zero-order valence-electron chi connectivity index (χ0n) is 14.3. The predicted octanol–water partition coefficient (Wildman–Crippen LogP) is 3.98. The van der Waals surface area contributed by atoms with Crippen LogP contribution in [0, 0.1) is 23.7 Å². The Morgan fingerprint density at radius 2 is 1.80 bits per heavy atom. The smallest absolute Gasteiger partial charge is 0.192 e. The molecule has 2 saturated carbocycles. The van der Waals surface area contributed by atoms with Crippen molar-refractivity contribution in [3.63, 3.8) is 0 Å². The summed E-state index contributed by atoms with van der Waals surface area (Å²) >= 11 is 0. The average molecular weight is 296 g/mol. The van der Waals surface area contributed by atoms with Crippen molar-refractivity contribution in [1.29, 1.82) is 0 Å². The molecule has 0 radical (unpaired) electrons. The normalized spacial score (nSPS) is 41.4. The SMILES string of the molecule is CN1CC2C3CCC(C3)C2[C@H]1CO[Si](C)(C)C(C)(C)C. The monoisotopic (exact) mass is 295 g/mol. The van der Waals surface area contributed by atoms with E-state index in [9.17, 15) is 0 Å². The molecule has 3 aliphatic rings. The third-order valence-electron chi connectivity index (χ3n) is 7.09. The van der Waals surface area contributed by atoms with Gasteiger partial charge in [-0.3, -0.25) is 0 Å². The van der Waals surface area contributed by atoms with Gasteiger partial charge in [-0.2, -0.15) is 0 Å². The zero-order chi connectivity index (χ0) is 14.7. The summed E-state index contributed by atoms with van der Waals surface area (Å²) in [4.78, 5) is 2.62. The highest BCUT2D eigenvalue weighted by molar-refractivity contribution is 6.74. The van der Waals surface area contributed by atoms with Crippen molar-refractivity contribution in [1.82, 2.24) is 4.90 Å². The lowest BCUT2D eigenvalue weighted by atomic mass is 9.79. The first kappa shape index (κ1) is 15.0. The van der Waals surface area contributed by atoms with Gasteiger partial charge in [-0.05, 0) is 68.1 Å². The van der Waals surface area contributed by atoms with Crippen LogP contribution in [0.2, 0.25) is 18.1 Å². The van der Waals surface area contributed by atoms with E-state index in [4.69, 9.17) is 4.43 Å². The highest BCUT2D eigenvalue weighted by atomic mass is 28.4. The predicted molar refractivity (Wildman–Crippen MR) is 87.4 cm³/mol. The Morgan fingerprint density at radius 3 is 2.45 bits per heavy atom. The number of hydrogen-bond acceptors (Lipinski definition) is 2. The molecular weight excluding hydrogens is 262 g/mol. The van der Waals surface area contributed by atoms with Gasteiger partial charge in [0.2, 0.25) is 0 Å². The Morgan fingerprint density at radius 1 is 1.15 bits per heavy atom. The van der Waals surface area contributed by atoms with Gasteiger partial charge in [0.05, 0.1) is 0 Å². The molecule has 0 aromatic rings. The summed E-state index contributed by atoms with van der Waals surface area (Å²) in [5.41, 5.74) is 0. The molecular formula is C17H33NOSi. The highest BCUT2D eigenvalue weighted by Gasteiger charge is 2.55. The number of likely N-dealkylation sites (N-methyl/N-ethyl adjacent to an activating group) is 1. The number of nitrogens with zero attached hydrogens (tertiary/aromatic N) is 1. The molecule has 1 heterocycles. The molecule has 0 spiro atoms. The summed E-state index contributed by atoms with van der Waals surface area (Å²) < 4.78 is 6.56. The van der Waals surface area contributed by atoms with Crippen molar-refractivity contribution < 1.29 is 4.43 Å². The van der Waals surface area contributed by atoms with Crippen LogP contribution in [0.25, 0.3) is 0 Å². The summed E-state index contributed by atoms with van der Waals surface area (Å²) in [5.74, 6) is 4.00. The van der Waals surface area contributed by atoms with Crippen molar-refractivity contribution in [3.05, 3.63) is 0 Å². The highest BCUT2D eigenvalue weighted by Crippen LogP contribution is 2.57. The summed E-state index contributed by atoms with van der Waals surface area (Å²) in [5, 5.41) is 0.332. The summed E-state index contributed by atoms with van der Waals surface area (Å²) in [6, 6.07) is 0.699. The van der Waals surface area contributed by atoms with Crippen LogP contribution in [0.5, 0.6) is 0 Å². The third kappa shape index (κ3) is 2.30. The molecule has 2 nitrogen and oxygen atoms in total. The Labute approximate surface area is 126 Å². The fourth-order valence-electron chi connectivity index (χ4n) is 4.84. The molecule has 116 valence electrons. The second kappa shape index (κ2) is 4.82. The number of hydrogen-bond donors (Lipinski definition) is 0. The van der Waals surface area contributed by atoms with E-state index in [-0.39, 0.29) is 0 Å². The maximum atomic E-state index is 6.56. The Kier molecular flexibility index (Phi) is 3.63. The van der Waals surface area contributed by atoms with E-state index in [1.165, 1.54) is 25.8 Å². The van der Waals surface area contributed by atoms with Crippen LogP contribution in [-0.2, 0) is 4.43 Å². The van der Waals surface area contributed by atoms with Gasteiger partial charge in [0.15, 0.2) is 8.32 Å². The van der Waals surface area contributed by atoms with Crippen LogP contribution in [-0.4, -0.2) is 39.5 Å². The van der Waals surface area contributed by atoms with E-state index < -0.39 is 8.32 Å². The molecule has 0 N–H and O–H groups in total. The first-order valence-corrected chi connectivity index (χ1v) is 11.5. The van der Waals surface area contributed by atoms with Crippen molar-refractivity contribution in [2.24, 2.45) is 23.7 Å². The standard InChI is InChI=1S/C17H33NOSi/c1-17(2,3)20(5,6)19-11-15-16-13-8-7-12(9-13)14(16)10-18(15)4/h12-16H,7-11H2,1-6H3/t12?,13?,14?,15-,16?/m1/s1. The van der Waals surface area contributed by atoms with Gasteiger partial charge in [0.25, 0.3) is 0 Å². The molecule has 3 rings (SSSR count). The molecule has 3 fully saturated rings. The topological polar surface area (TPSA) is 12.5 Å². The van der Waals surface area contributed by atoms with Crippen molar-refractivity contribution in [2.45, 2.75) is 64.2 Å². The van der Waals surface area contributed by atoms with Crippen LogP contribution in [0.1, 0.15) is 40.0 Å². The van der Waals surface area contributed by atoms with Crippen molar-refractivity contribution >= 4 is 8.32 Å².